The van der Waals surface area contributed by atoms with Crippen LogP contribution in [0.1, 0.15) is 31.2 Å². The fourth-order valence-corrected chi connectivity index (χ4v) is 3.95. The molecule has 0 spiro atoms. The van der Waals surface area contributed by atoms with Gasteiger partial charge in [-0.2, -0.15) is 0 Å². The molecule has 1 heterocycles. The molecule has 3 unspecified atom stereocenters. The van der Waals surface area contributed by atoms with Gasteiger partial charge in [0.2, 0.25) is 5.91 Å². The zero-order valence-corrected chi connectivity index (χ0v) is 13.2. The lowest BCUT2D eigenvalue weighted by Crippen LogP contribution is -2.43. The van der Waals surface area contributed by atoms with Crippen molar-refractivity contribution in [2.45, 2.75) is 38.3 Å². The number of carbonyl (C=O) groups is 2. The van der Waals surface area contributed by atoms with Crippen LogP contribution < -0.4 is 0 Å². The van der Waals surface area contributed by atoms with E-state index in [1.54, 1.807) is 4.90 Å². The first kappa shape index (κ1) is 16.0. The summed E-state index contributed by atoms with van der Waals surface area (Å²) < 4.78 is 5.54. The van der Waals surface area contributed by atoms with E-state index < -0.39 is 12.0 Å². The molecule has 124 valence electrons. The Bertz CT molecular complexity index is 559. The summed E-state index contributed by atoms with van der Waals surface area (Å²) in [5.41, 5.74) is 1.07. The lowest BCUT2D eigenvalue weighted by Gasteiger charge is -2.24. The highest BCUT2D eigenvalue weighted by atomic mass is 16.5. The summed E-state index contributed by atoms with van der Waals surface area (Å²) in [5.74, 6) is -0.454. The second kappa shape index (κ2) is 7.13. The summed E-state index contributed by atoms with van der Waals surface area (Å²) >= 11 is 0. The second-order valence-electron chi connectivity index (χ2n) is 6.47. The van der Waals surface area contributed by atoms with Crippen LogP contribution in [0.2, 0.25) is 0 Å². The van der Waals surface area contributed by atoms with Crippen molar-refractivity contribution in [3.63, 3.8) is 0 Å². The third-order valence-electron chi connectivity index (χ3n) is 5.04. The number of nitrogens with zero attached hydrogens (tertiary/aromatic N) is 1. The first-order chi connectivity index (χ1) is 11.2. The summed E-state index contributed by atoms with van der Waals surface area (Å²) in [6.07, 6.45) is 3.30. The molecule has 2 aliphatic rings. The van der Waals surface area contributed by atoms with Crippen molar-refractivity contribution < 1.29 is 19.4 Å². The molecule has 1 aliphatic heterocycles. The maximum absolute atomic E-state index is 12.4. The van der Waals surface area contributed by atoms with Crippen molar-refractivity contribution in [3.05, 3.63) is 35.9 Å². The number of fused-ring (bicyclic) bond motifs is 1. The van der Waals surface area contributed by atoms with Gasteiger partial charge in [0, 0.05) is 6.54 Å². The predicted molar refractivity (Wildman–Crippen MR) is 84.7 cm³/mol. The van der Waals surface area contributed by atoms with Gasteiger partial charge < -0.3 is 14.7 Å². The molecule has 1 aliphatic carbocycles. The van der Waals surface area contributed by atoms with Gasteiger partial charge >= 0.3 is 5.97 Å². The number of hydrogen-bond donors (Lipinski definition) is 1. The van der Waals surface area contributed by atoms with Gasteiger partial charge in [-0.25, -0.2) is 4.79 Å². The number of benzene rings is 1. The van der Waals surface area contributed by atoms with Crippen LogP contribution in [0.5, 0.6) is 0 Å². The third kappa shape index (κ3) is 3.55. The van der Waals surface area contributed by atoms with Crippen LogP contribution in [0.4, 0.5) is 0 Å². The van der Waals surface area contributed by atoms with Crippen molar-refractivity contribution in [1.82, 2.24) is 4.90 Å². The number of carboxylic acids is 1. The first-order valence-corrected chi connectivity index (χ1v) is 8.31. The van der Waals surface area contributed by atoms with Gasteiger partial charge in [0.25, 0.3) is 0 Å². The van der Waals surface area contributed by atoms with Crippen LogP contribution in [0.15, 0.2) is 30.3 Å². The molecule has 1 N–H and O–H groups in total. The van der Waals surface area contributed by atoms with Gasteiger partial charge in [0.15, 0.2) is 0 Å². The highest BCUT2D eigenvalue weighted by Gasteiger charge is 2.49. The SMILES string of the molecule is O=C(O)C1C2CCCC2CN1C(=O)CCOCc1ccccc1. The number of amides is 1. The fraction of sp³-hybridized carbons (Fsp3) is 0.556. The lowest BCUT2D eigenvalue weighted by molar-refractivity contribution is -0.150. The molecule has 1 saturated carbocycles. The molecule has 2 fully saturated rings. The minimum absolute atomic E-state index is 0.0974. The maximum Gasteiger partial charge on any atom is 0.326 e. The van der Waals surface area contributed by atoms with Crippen molar-refractivity contribution in [2.24, 2.45) is 11.8 Å². The molecule has 1 saturated heterocycles. The van der Waals surface area contributed by atoms with Crippen LogP contribution in [0.3, 0.4) is 0 Å². The van der Waals surface area contributed by atoms with Gasteiger partial charge in [-0.15, -0.1) is 0 Å². The maximum atomic E-state index is 12.4. The van der Waals surface area contributed by atoms with Crippen LogP contribution in [-0.4, -0.2) is 41.1 Å². The average molecular weight is 317 g/mol. The quantitative estimate of drug-likeness (QED) is 0.818. The van der Waals surface area contributed by atoms with Crippen molar-refractivity contribution in [3.8, 4) is 0 Å². The molecule has 0 radical (unpaired) electrons. The molecule has 5 heteroatoms. The van der Waals surface area contributed by atoms with E-state index in [0.717, 1.165) is 24.8 Å². The van der Waals surface area contributed by atoms with Crippen molar-refractivity contribution in [2.75, 3.05) is 13.2 Å². The van der Waals surface area contributed by atoms with E-state index in [-0.39, 0.29) is 18.2 Å². The summed E-state index contributed by atoms with van der Waals surface area (Å²) in [5, 5.41) is 9.47. The summed E-state index contributed by atoms with van der Waals surface area (Å²) in [4.78, 5) is 25.5. The second-order valence-corrected chi connectivity index (χ2v) is 6.47. The third-order valence-corrected chi connectivity index (χ3v) is 5.04. The van der Waals surface area contributed by atoms with Gasteiger partial charge in [-0.05, 0) is 30.2 Å². The molecule has 23 heavy (non-hydrogen) atoms. The van der Waals surface area contributed by atoms with E-state index in [4.69, 9.17) is 4.74 Å². The van der Waals surface area contributed by atoms with Crippen LogP contribution in [-0.2, 0) is 20.9 Å². The van der Waals surface area contributed by atoms with Gasteiger partial charge in [0.05, 0.1) is 19.6 Å². The molecular formula is C18H23NO4. The van der Waals surface area contributed by atoms with Crippen molar-refractivity contribution >= 4 is 11.9 Å². The molecule has 0 bridgehead atoms. The smallest absolute Gasteiger partial charge is 0.326 e. The molecular weight excluding hydrogens is 294 g/mol. The molecule has 3 rings (SSSR count). The van der Waals surface area contributed by atoms with Gasteiger partial charge in [-0.1, -0.05) is 36.8 Å². The van der Waals surface area contributed by atoms with Crippen LogP contribution in [0.25, 0.3) is 0 Å². The Labute approximate surface area is 136 Å². The Morgan fingerprint density at radius 3 is 2.74 bits per heavy atom. The van der Waals surface area contributed by atoms with E-state index in [1.807, 2.05) is 30.3 Å². The molecule has 5 nitrogen and oxygen atoms in total. The van der Waals surface area contributed by atoms with Crippen molar-refractivity contribution in [1.29, 1.82) is 0 Å². The van der Waals surface area contributed by atoms with E-state index in [1.165, 1.54) is 0 Å². The van der Waals surface area contributed by atoms with E-state index in [0.29, 0.717) is 25.7 Å². The Hall–Kier alpha value is -1.88. The fourth-order valence-electron chi connectivity index (χ4n) is 3.95. The average Bonchev–Trinajstić information content (AvgIpc) is 3.12. The largest absolute Gasteiger partial charge is 0.480 e. The number of carbonyl (C=O) groups excluding carboxylic acids is 1. The molecule has 1 aromatic carbocycles. The standard InChI is InChI=1S/C18H23NO4/c20-16(9-10-23-12-13-5-2-1-3-6-13)19-11-14-7-4-8-15(14)17(19)18(21)22/h1-3,5-6,14-15,17H,4,7-12H2,(H,21,22). The Morgan fingerprint density at radius 2 is 2.00 bits per heavy atom. The number of hydrogen-bond acceptors (Lipinski definition) is 3. The zero-order valence-electron chi connectivity index (χ0n) is 13.2. The Kier molecular flexibility index (Phi) is 4.96. The Balaban J connectivity index is 1.49. The number of likely N-dealkylation sites (tertiary alicyclic amines) is 1. The first-order valence-electron chi connectivity index (χ1n) is 8.31. The molecule has 0 aromatic heterocycles. The Morgan fingerprint density at radius 1 is 1.22 bits per heavy atom. The lowest BCUT2D eigenvalue weighted by atomic mass is 9.94. The zero-order chi connectivity index (χ0) is 16.2. The summed E-state index contributed by atoms with van der Waals surface area (Å²) in [6, 6.07) is 9.16. The topological polar surface area (TPSA) is 66.8 Å². The van der Waals surface area contributed by atoms with E-state index >= 15 is 0 Å². The molecule has 1 aromatic rings. The monoisotopic (exact) mass is 317 g/mol. The van der Waals surface area contributed by atoms with E-state index in [9.17, 15) is 14.7 Å². The highest BCUT2D eigenvalue weighted by Crippen LogP contribution is 2.42. The minimum atomic E-state index is -0.863. The van der Waals surface area contributed by atoms with Gasteiger partial charge in [0.1, 0.15) is 6.04 Å². The summed E-state index contributed by atoms with van der Waals surface area (Å²) in [6.45, 7) is 1.40. The number of aliphatic carboxylic acids is 1. The molecule has 1 amide bonds. The number of ether oxygens (including phenoxy) is 1. The van der Waals surface area contributed by atoms with Crippen LogP contribution >= 0.6 is 0 Å². The van der Waals surface area contributed by atoms with E-state index in [2.05, 4.69) is 0 Å². The van der Waals surface area contributed by atoms with Gasteiger partial charge in [-0.3, -0.25) is 4.79 Å². The number of rotatable bonds is 6. The summed E-state index contributed by atoms with van der Waals surface area (Å²) in [7, 11) is 0. The highest BCUT2D eigenvalue weighted by molar-refractivity contribution is 5.84. The molecule has 3 atom stereocenters. The predicted octanol–water partition coefficient (Wildman–Crippen LogP) is 2.30. The normalized spacial score (nSPS) is 26.3. The minimum Gasteiger partial charge on any atom is -0.480 e. The van der Waals surface area contributed by atoms with Crippen LogP contribution in [0, 0.1) is 11.8 Å². The number of carboxylic acid groups (broad SMARTS) is 1.